The summed E-state index contributed by atoms with van der Waals surface area (Å²) in [4.78, 5) is 2.28. The average Bonchev–Trinajstić information content (AvgIpc) is 3.19. The summed E-state index contributed by atoms with van der Waals surface area (Å²) >= 11 is 0. The maximum Gasteiger partial charge on any atom is 0.134 e. The minimum absolute atomic E-state index is 0.0337. The number of likely N-dealkylation sites (tertiary alicyclic amines) is 1. The van der Waals surface area contributed by atoms with Crippen molar-refractivity contribution in [2.24, 2.45) is 0 Å². The highest BCUT2D eigenvalue weighted by Crippen LogP contribution is 2.36. The highest BCUT2D eigenvalue weighted by molar-refractivity contribution is 5.67. The molecule has 1 fully saturated rings. The van der Waals surface area contributed by atoms with E-state index in [0.717, 1.165) is 37.2 Å². The molecule has 0 spiro atoms. The van der Waals surface area contributed by atoms with Gasteiger partial charge in [0.1, 0.15) is 23.1 Å². The van der Waals surface area contributed by atoms with E-state index in [4.69, 9.17) is 4.74 Å². The summed E-state index contributed by atoms with van der Waals surface area (Å²) in [5.74, 6) is -0.287. The van der Waals surface area contributed by atoms with Crippen molar-refractivity contribution in [1.29, 1.82) is 0 Å². The Hall–Kier alpha value is -2.93. The Labute approximate surface area is 167 Å². The van der Waals surface area contributed by atoms with Crippen LogP contribution >= 0.6 is 0 Å². The van der Waals surface area contributed by atoms with Crippen LogP contribution in [0.25, 0.3) is 11.1 Å². The minimum atomic E-state index is -0.589. The molecule has 4 rings (SSSR count). The van der Waals surface area contributed by atoms with Crippen LogP contribution in [0.15, 0.2) is 42.6 Å². The van der Waals surface area contributed by atoms with Crippen LogP contribution in [0.4, 0.5) is 8.78 Å². The molecule has 0 saturated carbocycles. The van der Waals surface area contributed by atoms with Gasteiger partial charge in [-0.2, -0.15) is 5.10 Å². The fraction of sp³-hybridized carbons (Fsp3) is 0.318. The lowest BCUT2D eigenvalue weighted by molar-refractivity contribution is 0.196. The number of phenolic OH excluding ortho intramolecular Hbond substituents is 1. The molecular formula is C22H23F2N3O2. The molecule has 5 nitrogen and oxygen atoms in total. The number of hydrogen-bond donors (Lipinski definition) is 2. The SMILES string of the molecule is COc1cc(O)ccc1CN1CCCC(c2[nH]ncc2-c2c(F)cccc2F)C1. The summed E-state index contributed by atoms with van der Waals surface area (Å²) in [6.07, 6.45) is 3.37. The van der Waals surface area contributed by atoms with E-state index in [2.05, 4.69) is 15.1 Å². The average molecular weight is 399 g/mol. The number of nitrogens with zero attached hydrogens (tertiary/aromatic N) is 2. The Morgan fingerprint density at radius 3 is 2.79 bits per heavy atom. The third-order valence-corrected chi connectivity index (χ3v) is 5.48. The lowest BCUT2D eigenvalue weighted by Crippen LogP contribution is -2.34. The van der Waals surface area contributed by atoms with Gasteiger partial charge in [-0.05, 0) is 37.6 Å². The molecule has 1 saturated heterocycles. The topological polar surface area (TPSA) is 61.4 Å². The highest BCUT2D eigenvalue weighted by Gasteiger charge is 2.27. The van der Waals surface area contributed by atoms with Gasteiger partial charge in [0.05, 0.1) is 18.9 Å². The number of piperidine rings is 1. The summed E-state index contributed by atoms with van der Waals surface area (Å²) in [5.41, 5.74) is 2.19. The summed E-state index contributed by atoms with van der Waals surface area (Å²) in [6.45, 7) is 2.31. The molecule has 0 aliphatic carbocycles. The maximum absolute atomic E-state index is 14.3. The Morgan fingerprint density at radius 2 is 2.03 bits per heavy atom. The molecule has 1 unspecified atom stereocenters. The van der Waals surface area contributed by atoms with Crippen LogP contribution in [0.5, 0.6) is 11.5 Å². The lowest BCUT2D eigenvalue weighted by atomic mass is 9.90. The monoisotopic (exact) mass is 399 g/mol. The van der Waals surface area contributed by atoms with Crippen LogP contribution in [0.1, 0.15) is 30.0 Å². The standard InChI is InChI=1S/C22H23F2N3O2/c1-29-20-10-16(28)8-7-14(20)12-27-9-3-4-15(13-27)22-17(11-25-26-22)21-18(23)5-2-6-19(21)24/h2,5-8,10-11,15,28H,3-4,9,12-13H2,1H3,(H,25,26). The number of aromatic nitrogens is 2. The number of methoxy groups -OCH3 is 1. The Bertz CT molecular complexity index is 985. The fourth-order valence-electron chi connectivity index (χ4n) is 4.10. The molecule has 0 radical (unpaired) electrons. The molecule has 2 heterocycles. The zero-order valence-electron chi connectivity index (χ0n) is 16.2. The summed E-state index contributed by atoms with van der Waals surface area (Å²) in [6, 6.07) is 8.99. The molecule has 7 heteroatoms. The van der Waals surface area contributed by atoms with Gasteiger partial charge in [0.2, 0.25) is 0 Å². The molecule has 3 aromatic rings. The van der Waals surface area contributed by atoms with Gasteiger partial charge in [-0.15, -0.1) is 0 Å². The van der Waals surface area contributed by atoms with Crippen molar-refractivity contribution in [3.8, 4) is 22.6 Å². The molecule has 2 N–H and O–H groups in total. The quantitative estimate of drug-likeness (QED) is 0.666. The van der Waals surface area contributed by atoms with Crippen molar-refractivity contribution in [2.75, 3.05) is 20.2 Å². The smallest absolute Gasteiger partial charge is 0.134 e. The predicted octanol–water partition coefficient (Wildman–Crippen LogP) is 4.45. The van der Waals surface area contributed by atoms with Gasteiger partial charge in [0, 0.05) is 41.9 Å². The van der Waals surface area contributed by atoms with Gasteiger partial charge in [0.25, 0.3) is 0 Å². The third-order valence-electron chi connectivity index (χ3n) is 5.48. The molecular weight excluding hydrogens is 376 g/mol. The number of ether oxygens (including phenoxy) is 1. The van der Waals surface area contributed by atoms with Crippen LogP contribution in [-0.2, 0) is 6.54 Å². The first kappa shape index (κ1) is 19.4. The second kappa shape index (κ2) is 8.21. The van der Waals surface area contributed by atoms with Crippen molar-refractivity contribution in [3.63, 3.8) is 0 Å². The first-order chi connectivity index (χ1) is 14.1. The summed E-state index contributed by atoms with van der Waals surface area (Å²) in [7, 11) is 1.58. The number of benzene rings is 2. The van der Waals surface area contributed by atoms with Crippen molar-refractivity contribution in [3.05, 3.63) is 65.5 Å². The van der Waals surface area contributed by atoms with Crippen LogP contribution in [0.2, 0.25) is 0 Å². The van der Waals surface area contributed by atoms with Gasteiger partial charge in [0.15, 0.2) is 0 Å². The first-order valence-corrected chi connectivity index (χ1v) is 9.62. The third kappa shape index (κ3) is 3.96. The molecule has 29 heavy (non-hydrogen) atoms. The maximum atomic E-state index is 14.3. The predicted molar refractivity (Wildman–Crippen MR) is 106 cm³/mol. The molecule has 0 bridgehead atoms. The molecule has 1 aromatic heterocycles. The molecule has 0 amide bonds. The van der Waals surface area contributed by atoms with Crippen molar-refractivity contribution < 1.29 is 18.6 Å². The van der Waals surface area contributed by atoms with E-state index in [9.17, 15) is 13.9 Å². The minimum Gasteiger partial charge on any atom is -0.508 e. The van der Waals surface area contributed by atoms with E-state index in [0.29, 0.717) is 17.9 Å². The number of nitrogens with one attached hydrogen (secondary N) is 1. The van der Waals surface area contributed by atoms with Crippen LogP contribution < -0.4 is 4.74 Å². The van der Waals surface area contributed by atoms with Crippen molar-refractivity contribution >= 4 is 0 Å². The van der Waals surface area contributed by atoms with Gasteiger partial charge >= 0.3 is 0 Å². The highest BCUT2D eigenvalue weighted by atomic mass is 19.1. The molecule has 152 valence electrons. The van der Waals surface area contributed by atoms with E-state index in [1.54, 1.807) is 19.2 Å². The Kier molecular flexibility index (Phi) is 5.49. The zero-order valence-corrected chi connectivity index (χ0v) is 16.2. The number of aromatic hydroxyl groups is 1. The second-order valence-corrected chi connectivity index (χ2v) is 7.36. The summed E-state index contributed by atoms with van der Waals surface area (Å²) in [5, 5.41) is 16.7. The van der Waals surface area contributed by atoms with E-state index in [-0.39, 0.29) is 17.2 Å². The van der Waals surface area contributed by atoms with Crippen LogP contribution in [0.3, 0.4) is 0 Å². The summed E-state index contributed by atoms with van der Waals surface area (Å²) < 4.78 is 34.0. The largest absolute Gasteiger partial charge is 0.508 e. The Morgan fingerprint density at radius 1 is 1.24 bits per heavy atom. The van der Waals surface area contributed by atoms with Crippen LogP contribution in [-0.4, -0.2) is 40.4 Å². The number of halogens is 2. The molecule has 1 atom stereocenters. The van der Waals surface area contributed by atoms with E-state index in [1.807, 2.05) is 6.07 Å². The van der Waals surface area contributed by atoms with Crippen molar-refractivity contribution in [1.82, 2.24) is 15.1 Å². The number of phenols is 1. The van der Waals surface area contributed by atoms with Gasteiger partial charge in [-0.1, -0.05) is 12.1 Å². The van der Waals surface area contributed by atoms with Gasteiger partial charge < -0.3 is 9.84 Å². The number of H-pyrrole nitrogens is 1. The first-order valence-electron chi connectivity index (χ1n) is 9.62. The molecule has 1 aliphatic rings. The zero-order chi connectivity index (χ0) is 20.4. The van der Waals surface area contributed by atoms with E-state index in [1.165, 1.54) is 24.4 Å². The second-order valence-electron chi connectivity index (χ2n) is 7.36. The van der Waals surface area contributed by atoms with E-state index < -0.39 is 11.6 Å². The van der Waals surface area contributed by atoms with Gasteiger partial charge in [-0.25, -0.2) is 8.78 Å². The normalized spacial score (nSPS) is 17.4. The lowest BCUT2D eigenvalue weighted by Gasteiger charge is -2.33. The Balaban J connectivity index is 1.57. The number of hydrogen-bond acceptors (Lipinski definition) is 4. The fourth-order valence-corrected chi connectivity index (χ4v) is 4.10. The molecule has 1 aliphatic heterocycles. The van der Waals surface area contributed by atoms with Gasteiger partial charge in [-0.3, -0.25) is 10.00 Å². The number of rotatable bonds is 5. The number of aromatic amines is 1. The molecule has 2 aromatic carbocycles. The van der Waals surface area contributed by atoms with Crippen molar-refractivity contribution in [2.45, 2.75) is 25.3 Å². The van der Waals surface area contributed by atoms with Crippen LogP contribution in [0, 0.1) is 11.6 Å². The van der Waals surface area contributed by atoms with E-state index >= 15 is 0 Å².